The summed E-state index contributed by atoms with van der Waals surface area (Å²) < 4.78 is 0. The standard InChI is InChI=1S/C29H32O9/c1-12(30)15-9-10-17-16(8-7-14-5-3-4-6-14)21-23(26(35)22(17)24(15)33)28(37)29(38)18(25(21)34)11-19(32)20(13(2)31)27(29)36/h9-10,14,16,18,21,25,33-36,38H,3-8,11H2,1-2H3/t16-,18+,21+,25+,29+/m0/s1. The first-order valence-electron chi connectivity index (χ1n) is 13.1. The molecule has 0 aromatic heterocycles. The van der Waals surface area contributed by atoms with Crippen LogP contribution in [0, 0.1) is 17.8 Å². The van der Waals surface area contributed by atoms with Gasteiger partial charge in [0.1, 0.15) is 22.8 Å². The summed E-state index contributed by atoms with van der Waals surface area (Å²) in [7, 11) is 0. The van der Waals surface area contributed by atoms with Crippen molar-refractivity contribution < 1.29 is 44.7 Å². The molecule has 5 N–H and O–H groups in total. The van der Waals surface area contributed by atoms with Crippen LogP contribution < -0.4 is 0 Å². The average molecular weight is 525 g/mol. The predicted molar refractivity (Wildman–Crippen MR) is 134 cm³/mol. The molecule has 0 spiro atoms. The maximum Gasteiger partial charge on any atom is 0.202 e. The number of fused-ring (bicyclic) bond motifs is 3. The van der Waals surface area contributed by atoms with Crippen LogP contribution in [0.4, 0.5) is 0 Å². The van der Waals surface area contributed by atoms with Gasteiger partial charge in [-0.1, -0.05) is 31.7 Å². The van der Waals surface area contributed by atoms with Crippen LogP contribution in [0.1, 0.15) is 86.2 Å². The van der Waals surface area contributed by atoms with E-state index in [1.807, 2.05) is 0 Å². The summed E-state index contributed by atoms with van der Waals surface area (Å²) in [5.41, 5.74) is -3.63. The number of phenols is 1. The molecule has 0 radical (unpaired) electrons. The molecule has 4 aliphatic rings. The Morgan fingerprint density at radius 1 is 1.00 bits per heavy atom. The summed E-state index contributed by atoms with van der Waals surface area (Å²) in [6, 6.07) is 3.05. The van der Waals surface area contributed by atoms with Crippen LogP contribution in [0.25, 0.3) is 5.76 Å². The van der Waals surface area contributed by atoms with Gasteiger partial charge in [0.05, 0.1) is 17.2 Å². The molecule has 0 bridgehead atoms. The third-order valence-electron chi connectivity index (χ3n) is 9.15. The zero-order chi connectivity index (χ0) is 27.7. The maximum atomic E-state index is 14.0. The molecule has 0 saturated heterocycles. The molecule has 202 valence electrons. The monoisotopic (exact) mass is 524 g/mol. The van der Waals surface area contributed by atoms with Crippen LogP contribution in [0.2, 0.25) is 0 Å². The number of aromatic hydroxyl groups is 1. The highest BCUT2D eigenvalue weighted by Crippen LogP contribution is 2.57. The van der Waals surface area contributed by atoms with Gasteiger partial charge in [0, 0.05) is 23.8 Å². The van der Waals surface area contributed by atoms with Crippen LogP contribution in [-0.2, 0) is 14.4 Å². The van der Waals surface area contributed by atoms with Gasteiger partial charge in [0.2, 0.25) is 5.78 Å². The van der Waals surface area contributed by atoms with Gasteiger partial charge in [0.15, 0.2) is 23.0 Å². The number of phenolic OH excluding ortho intramolecular Hbond substituents is 1. The number of rotatable bonds is 5. The molecule has 2 saturated carbocycles. The first-order chi connectivity index (χ1) is 17.9. The van der Waals surface area contributed by atoms with Crippen LogP contribution in [0.5, 0.6) is 5.75 Å². The molecule has 1 aromatic carbocycles. The summed E-state index contributed by atoms with van der Waals surface area (Å²) in [5, 5.41) is 56.4. The van der Waals surface area contributed by atoms with Gasteiger partial charge in [-0.25, -0.2) is 0 Å². The van der Waals surface area contributed by atoms with E-state index in [0.717, 1.165) is 39.0 Å². The Morgan fingerprint density at radius 3 is 2.26 bits per heavy atom. The lowest BCUT2D eigenvalue weighted by atomic mass is 9.54. The predicted octanol–water partition coefficient (Wildman–Crippen LogP) is 3.21. The van der Waals surface area contributed by atoms with Crippen molar-refractivity contribution in [2.45, 2.75) is 76.4 Å². The highest BCUT2D eigenvalue weighted by molar-refractivity contribution is 6.23. The Kier molecular flexibility index (Phi) is 6.35. The van der Waals surface area contributed by atoms with Crippen molar-refractivity contribution in [2.24, 2.45) is 17.8 Å². The molecular formula is C29H32O9. The topological polar surface area (TPSA) is 169 Å². The molecule has 9 nitrogen and oxygen atoms in total. The molecule has 4 aliphatic carbocycles. The average Bonchev–Trinajstić information content (AvgIpc) is 3.37. The Bertz CT molecular complexity index is 1330. The van der Waals surface area contributed by atoms with Crippen molar-refractivity contribution in [3.63, 3.8) is 0 Å². The highest BCUT2D eigenvalue weighted by atomic mass is 16.4. The van der Waals surface area contributed by atoms with Gasteiger partial charge in [-0.2, -0.15) is 0 Å². The molecule has 0 amide bonds. The van der Waals surface area contributed by atoms with E-state index in [-0.39, 0.29) is 16.7 Å². The molecule has 38 heavy (non-hydrogen) atoms. The fourth-order valence-electron chi connectivity index (χ4n) is 7.26. The van der Waals surface area contributed by atoms with E-state index in [9.17, 15) is 44.7 Å². The maximum absolute atomic E-state index is 14.0. The molecule has 5 rings (SSSR count). The van der Waals surface area contributed by atoms with Crippen molar-refractivity contribution in [1.82, 2.24) is 0 Å². The Morgan fingerprint density at radius 2 is 1.66 bits per heavy atom. The van der Waals surface area contributed by atoms with Crippen molar-refractivity contribution in [2.75, 3.05) is 0 Å². The lowest BCUT2D eigenvalue weighted by molar-refractivity contribution is -0.161. The number of carbonyl (C=O) groups excluding carboxylic acids is 4. The first kappa shape index (κ1) is 26.3. The molecule has 5 atom stereocenters. The second-order valence-corrected chi connectivity index (χ2v) is 11.2. The number of aliphatic hydroxyl groups excluding tert-OH is 3. The minimum Gasteiger partial charge on any atom is -0.508 e. The van der Waals surface area contributed by atoms with Gasteiger partial charge < -0.3 is 25.5 Å². The fraction of sp³-hybridized carbons (Fsp3) is 0.517. The summed E-state index contributed by atoms with van der Waals surface area (Å²) in [5.74, 6) is -8.17. The van der Waals surface area contributed by atoms with Crippen LogP contribution >= 0.6 is 0 Å². The highest BCUT2D eigenvalue weighted by Gasteiger charge is 2.65. The Balaban J connectivity index is 1.72. The van der Waals surface area contributed by atoms with Crippen LogP contribution in [0.3, 0.4) is 0 Å². The SMILES string of the molecule is CC(=O)C1=C(O)[C@@]2(O)C(=O)C3=C(O)c4c(ccc(C(C)=O)c4O)[C@H](CCC4CCCC4)[C@H]3[C@H](O)[C@H]2CC1=O. The van der Waals surface area contributed by atoms with E-state index in [2.05, 4.69) is 0 Å². The molecule has 1 aromatic rings. The van der Waals surface area contributed by atoms with Crippen molar-refractivity contribution >= 4 is 28.9 Å². The lowest BCUT2D eigenvalue weighted by Gasteiger charge is -2.51. The minimum atomic E-state index is -2.81. The van der Waals surface area contributed by atoms with Crippen LogP contribution in [0.15, 0.2) is 29.0 Å². The summed E-state index contributed by atoms with van der Waals surface area (Å²) >= 11 is 0. The largest absolute Gasteiger partial charge is 0.508 e. The number of aliphatic hydroxyl groups is 4. The Hall–Kier alpha value is -3.30. The van der Waals surface area contributed by atoms with Gasteiger partial charge in [-0.15, -0.1) is 0 Å². The summed E-state index contributed by atoms with van der Waals surface area (Å²) in [4.78, 5) is 50.9. The van der Waals surface area contributed by atoms with Crippen LogP contribution in [-0.4, -0.2) is 60.4 Å². The number of Topliss-reactive ketones (excluding diaryl/α,β-unsaturated/α-hetero) is 4. The number of carbonyl (C=O) groups is 4. The Labute approximate surface area is 219 Å². The van der Waals surface area contributed by atoms with Gasteiger partial charge >= 0.3 is 0 Å². The van der Waals surface area contributed by atoms with E-state index in [1.165, 1.54) is 13.0 Å². The van der Waals surface area contributed by atoms with E-state index in [4.69, 9.17) is 0 Å². The first-order valence-corrected chi connectivity index (χ1v) is 13.1. The molecule has 0 aliphatic heterocycles. The summed E-state index contributed by atoms with van der Waals surface area (Å²) in [6.07, 6.45) is 3.52. The molecule has 9 heteroatoms. The van der Waals surface area contributed by atoms with Crippen molar-refractivity contribution in [3.8, 4) is 5.75 Å². The zero-order valence-electron chi connectivity index (χ0n) is 21.4. The fourth-order valence-corrected chi connectivity index (χ4v) is 7.26. The van der Waals surface area contributed by atoms with E-state index >= 15 is 0 Å². The molecular weight excluding hydrogens is 492 g/mol. The second-order valence-electron chi connectivity index (χ2n) is 11.2. The molecule has 0 unspecified atom stereocenters. The van der Waals surface area contributed by atoms with Gasteiger partial charge in [-0.05, 0) is 50.2 Å². The number of hydrogen-bond acceptors (Lipinski definition) is 9. The molecule has 2 fully saturated rings. The van der Waals surface area contributed by atoms with Crippen molar-refractivity contribution in [3.05, 3.63) is 45.7 Å². The minimum absolute atomic E-state index is 0.0610. The van der Waals surface area contributed by atoms with Gasteiger partial charge in [0.25, 0.3) is 0 Å². The number of benzene rings is 1. The summed E-state index contributed by atoms with van der Waals surface area (Å²) in [6.45, 7) is 2.27. The zero-order valence-corrected chi connectivity index (χ0v) is 21.4. The smallest absolute Gasteiger partial charge is 0.202 e. The van der Waals surface area contributed by atoms with E-state index < -0.39 is 81.9 Å². The second kappa shape index (κ2) is 9.17. The third kappa shape index (κ3) is 3.59. The normalized spacial score (nSPS) is 31.3. The van der Waals surface area contributed by atoms with E-state index in [0.29, 0.717) is 17.9 Å². The number of ketones is 4. The third-order valence-corrected chi connectivity index (χ3v) is 9.15. The van der Waals surface area contributed by atoms with E-state index in [1.54, 1.807) is 6.07 Å². The number of hydrogen-bond donors (Lipinski definition) is 5. The van der Waals surface area contributed by atoms with Crippen molar-refractivity contribution in [1.29, 1.82) is 0 Å². The number of allylic oxidation sites excluding steroid dienone is 1. The lowest BCUT2D eigenvalue weighted by Crippen LogP contribution is -2.63. The quantitative estimate of drug-likeness (QED) is 0.287. The molecule has 0 heterocycles. The van der Waals surface area contributed by atoms with Gasteiger partial charge in [-0.3, -0.25) is 19.2 Å².